The Labute approximate surface area is 116 Å². The van der Waals surface area contributed by atoms with Gasteiger partial charge in [-0.25, -0.2) is 0 Å². The number of hydrogen-bond acceptors (Lipinski definition) is 1. The number of carbonyl (C=O) groups is 1. The van der Waals surface area contributed by atoms with E-state index in [1.807, 2.05) is 48.4 Å². The van der Waals surface area contributed by atoms with Gasteiger partial charge in [0.1, 0.15) is 0 Å². The van der Waals surface area contributed by atoms with Gasteiger partial charge in [0.05, 0.1) is 0 Å². The molecule has 1 saturated carbocycles. The van der Waals surface area contributed by atoms with Crippen LogP contribution in [0.25, 0.3) is 6.08 Å². The molecule has 0 N–H and O–H groups in total. The number of hydrogen-bond donors (Lipinski definition) is 0. The summed E-state index contributed by atoms with van der Waals surface area (Å²) in [5, 5.41) is 0. The van der Waals surface area contributed by atoms with E-state index >= 15 is 0 Å². The number of benzene rings is 1. The van der Waals surface area contributed by atoms with Gasteiger partial charge < -0.3 is 4.90 Å². The fraction of sp³-hybridized carbons (Fsp3) is 0.471. The Balaban J connectivity index is 1.83. The monoisotopic (exact) mass is 257 g/mol. The standard InChI is InChI=1S/C17H23NO/c1-18(14-16-10-6-3-7-11-16)17(19)13-12-15-8-4-2-5-9-15/h2,4-5,8-9,12-13,16H,3,6-7,10-11,14H2,1H3/b13-12+. The summed E-state index contributed by atoms with van der Waals surface area (Å²) >= 11 is 0. The van der Waals surface area contributed by atoms with Gasteiger partial charge in [-0.1, -0.05) is 49.6 Å². The van der Waals surface area contributed by atoms with Gasteiger partial charge in [-0.05, 0) is 30.4 Å². The molecular weight excluding hydrogens is 234 g/mol. The average Bonchev–Trinajstić information content (AvgIpc) is 2.47. The number of nitrogens with zero attached hydrogens (tertiary/aromatic N) is 1. The van der Waals surface area contributed by atoms with Gasteiger partial charge in [0.25, 0.3) is 0 Å². The van der Waals surface area contributed by atoms with Gasteiger partial charge in [0.2, 0.25) is 5.91 Å². The third-order valence-electron chi connectivity index (χ3n) is 3.85. The molecule has 1 amide bonds. The second-order valence-electron chi connectivity index (χ2n) is 5.47. The Bertz CT molecular complexity index is 418. The van der Waals surface area contributed by atoms with Crippen LogP contribution in [0.2, 0.25) is 0 Å². The highest BCUT2D eigenvalue weighted by Gasteiger charge is 2.16. The second-order valence-corrected chi connectivity index (χ2v) is 5.47. The molecule has 0 heterocycles. The molecule has 1 fully saturated rings. The van der Waals surface area contributed by atoms with E-state index in [2.05, 4.69) is 0 Å². The highest BCUT2D eigenvalue weighted by atomic mass is 16.2. The van der Waals surface area contributed by atoms with Crippen LogP contribution in [0, 0.1) is 5.92 Å². The molecule has 1 aliphatic carbocycles. The molecule has 1 aromatic carbocycles. The third kappa shape index (κ3) is 4.55. The van der Waals surface area contributed by atoms with E-state index in [1.54, 1.807) is 6.08 Å². The molecule has 2 heteroatoms. The molecule has 0 spiro atoms. The van der Waals surface area contributed by atoms with Crippen LogP contribution in [-0.2, 0) is 4.79 Å². The summed E-state index contributed by atoms with van der Waals surface area (Å²) < 4.78 is 0. The van der Waals surface area contributed by atoms with Crippen molar-refractivity contribution in [1.82, 2.24) is 4.90 Å². The normalized spacial score (nSPS) is 16.7. The maximum atomic E-state index is 12.0. The summed E-state index contributed by atoms with van der Waals surface area (Å²) in [6.45, 7) is 0.901. The number of likely N-dealkylation sites (N-methyl/N-ethyl adjacent to an activating group) is 1. The highest BCUT2D eigenvalue weighted by molar-refractivity contribution is 5.91. The largest absolute Gasteiger partial charge is 0.342 e. The molecule has 102 valence electrons. The lowest BCUT2D eigenvalue weighted by Crippen LogP contribution is -2.31. The summed E-state index contributed by atoms with van der Waals surface area (Å²) in [6, 6.07) is 9.95. The topological polar surface area (TPSA) is 20.3 Å². The van der Waals surface area contributed by atoms with E-state index in [0.717, 1.165) is 12.1 Å². The van der Waals surface area contributed by atoms with Crippen LogP contribution in [0.15, 0.2) is 36.4 Å². The molecule has 2 nitrogen and oxygen atoms in total. The smallest absolute Gasteiger partial charge is 0.246 e. The Morgan fingerprint density at radius 2 is 1.89 bits per heavy atom. The van der Waals surface area contributed by atoms with Crippen molar-refractivity contribution in [3.8, 4) is 0 Å². The SMILES string of the molecule is CN(CC1CCCCC1)C(=O)/C=C/c1ccccc1. The Kier molecular flexibility index (Phi) is 5.20. The van der Waals surface area contributed by atoms with Crippen LogP contribution in [0.4, 0.5) is 0 Å². The van der Waals surface area contributed by atoms with E-state index in [4.69, 9.17) is 0 Å². The molecule has 0 aliphatic heterocycles. The maximum absolute atomic E-state index is 12.0. The fourth-order valence-corrected chi connectivity index (χ4v) is 2.71. The lowest BCUT2D eigenvalue weighted by atomic mass is 9.89. The van der Waals surface area contributed by atoms with Crippen LogP contribution in [0.1, 0.15) is 37.7 Å². The van der Waals surface area contributed by atoms with E-state index in [0.29, 0.717) is 5.92 Å². The Hall–Kier alpha value is -1.57. The van der Waals surface area contributed by atoms with Crippen molar-refractivity contribution < 1.29 is 4.79 Å². The van der Waals surface area contributed by atoms with E-state index in [-0.39, 0.29) is 5.91 Å². The van der Waals surface area contributed by atoms with Crippen LogP contribution in [-0.4, -0.2) is 24.4 Å². The summed E-state index contributed by atoms with van der Waals surface area (Å²) in [7, 11) is 1.91. The van der Waals surface area contributed by atoms with Gasteiger partial charge in [-0.2, -0.15) is 0 Å². The first-order valence-electron chi connectivity index (χ1n) is 7.24. The molecule has 0 saturated heterocycles. The molecule has 19 heavy (non-hydrogen) atoms. The third-order valence-corrected chi connectivity index (χ3v) is 3.85. The van der Waals surface area contributed by atoms with Crippen molar-refractivity contribution in [2.45, 2.75) is 32.1 Å². The van der Waals surface area contributed by atoms with Crippen molar-refractivity contribution in [3.05, 3.63) is 42.0 Å². The molecular formula is C17H23NO. The van der Waals surface area contributed by atoms with Crippen molar-refractivity contribution in [2.24, 2.45) is 5.92 Å². The van der Waals surface area contributed by atoms with Gasteiger partial charge >= 0.3 is 0 Å². The van der Waals surface area contributed by atoms with Gasteiger partial charge in [0, 0.05) is 19.7 Å². The highest BCUT2D eigenvalue weighted by Crippen LogP contribution is 2.24. The average molecular weight is 257 g/mol. The maximum Gasteiger partial charge on any atom is 0.246 e. The molecule has 0 unspecified atom stereocenters. The van der Waals surface area contributed by atoms with Crippen LogP contribution in [0.3, 0.4) is 0 Å². The lowest BCUT2D eigenvalue weighted by molar-refractivity contribution is -0.125. The lowest BCUT2D eigenvalue weighted by Gasteiger charge is -2.26. The van der Waals surface area contributed by atoms with E-state index in [1.165, 1.54) is 32.1 Å². The molecule has 0 bridgehead atoms. The Morgan fingerprint density at radius 3 is 2.58 bits per heavy atom. The first kappa shape index (κ1) is 13.9. The van der Waals surface area contributed by atoms with Crippen LogP contribution >= 0.6 is 0 Å². The van der Waals surface area contributed by atoms with E-state index < -0.39 is 0 Å². The van der Waals surface area contributed by atoms with Crippen molar-refractivity contribution in [3.63, 3.8) is 0 Å². The number of amides is 1. The summed E-state index contributed by atoms with van der Waals surface area (Å²) in [5.74, 6) is 0.808. The molecule has 0 aromatic heterocycles. The van der Waals surface area contributed by atoms with Crippen LogP contribution < -0.4 is 0 Å². The minimum Gasteiger partial charge on any atom is -0.342 e. The van der Waals surface area contributed by atoms with Gasteiger partial charge in [-0.3, -0.25) is 4.79 Å². The predicted octanol–water partition coefficient (Wildman–Crippen LogP) is 3.74. The molecule has 1 aliphatic rings. The van der Waals surface area contributed by atoms with Crippen molar-refractivity contribution in [1.29, 1.82) is 0 Å². The molecule has 1 aromatic rings. The first-order valence-corrected chi connectivity index (χ1v) is 7.24. The summed E-state index contributed by atoms with van der Waals surface area (Å²) in [5.41, 5.74) is 1.07. The quantitative estimate of drug-likeness (QED) is 0.752. The molecule has 2 rings (SSSR count). The summed E-state index contributed by atoms with van der Waals surface area (Å²) in [6.07, 6.45) is 10.1. The van der Waals surface area contributed by atoms with Crippen molar-refractivity contribution >= 4 is 12.0 Å². The minimum atomic E-state index is 0.106. The van der Waals surface area contributed by atoms with Crippen LogP contribution in [0.5, 0.6) is 0 Å². The van der Waals surface area contributed by atoms with Crippen molar-refractivity contribution in [2.75, 3.05) is 13.6 Å². The minimum absolute atomic E-state index is 0.106. The predicted molar refractivity (Wildman–Crippen MR) is 79.7 cm³/mol. The second kappa shape index (κ2) is 7.13. The zero-order valence-electron chi connectivity index (χ0n) is 11.7. The Morgan fingerprint density at radius 1 is 1.21 bits per heavy atom. The summed E-state index contributed by atoms with van der Waals surface area (Å²) in [4.78, 5) is 13.9. The van der Waals surface area contributed by atoms with Gasteiger partial charge in [-0.15, -0.1) is 0 Å². The number of rotatable bonds is 4. The zero-order valence-corrected chi connectivity index (χ0v) is 11.7. The van der Waals surface area contributed by atoms with E-state index in [9.17, 15) is 4.79 Å². The number of carbonyl (C=O) groups excluding carboxylic acids is 1. The molecule has 0 atom stereocenters. The van der Waals surface area contributed by atoms with Gasteiger partial charge in [0.15, 0.2) is 0 Å². The zero-order chi connectivity index (χ0) is 13.5. The first-order chi connectivity index (χ1) is 9.25. The molecule has 0 radical (unpaired) electrons. The fourth-order valence-electron chi connectivity index (χ4n) is 2.71.